The molecule has 6 nitrogen and oxygen atoms in total. The summed E-state index contributed by atoms with van der Waals surface area (Å²) in [6, 6.07) is 12.0. The number of methoxy groups -OCH3 is 2. The fourth-order valence-electron chi connectivity index (χ4n) is 2.72. The van der Waals surface area contributed by atoms with Gasteiger partial charge in [-0.25, -0.2) is 4.79 Å². The molecule has 3 aromatic rings. The molecule has 0 atom stereocenters. The van der Waals surface area contributed by atoms with Crippen LogP contribution >= 0.6 is 15.9 Å². The van der Waals surface area contributed by atoms with Gasteiger partial charge in [-0.3, -0.25) is 9.78 Å². The molecule has 0 fully saturated rings. The van der Waals surface area contributed by atoms with Crippen LogP contribution in [0, 0.1) is 6.92 Å². The summed E-state index contributed by atoms with van der Waals surface area (Å²) >= 11 is 3.33. The van der Waals surface area contributed by atoms with Gasteiger partial charge in [-0.15, -0.1) is 0 Å². The molecular weight excluding hydrogens is 426 g/mol. The van der Waals surface area contributed by atoms with Crippen LogP contribution in [-0.4, -0.2) is 37.6 Å². The molecule has 28 heavy (non-hydrogen) atoms. The number of halogens is 1. The lowest BCUT2D eigenvalue weighted by atomic mass is 10.1. The number of carbonyl (C=O) groups excluding carboxylic acids is 2. The molecule has 7 heteroatoms. The lowest BCUT2D eigenvalue weighted by molar-refractivity contribution is 0.0473. The Morgan fingerprint density at radius 2 is 1.82 bits per heavy atom. The van der Waals surface area contributed by atoms with Crippen molar-refractivity contribution < 1.29 is 23.8 Å². The molecule has 0 saturated heterocycles. The van der Waals surface area contributed by atoms with Gasteiger partial charge >= 0.3 is 5.97 Å². The van der Waals surface area contributed by atoms with Gasteiger partial charge < -0.3 is 14.2 Å². The molecule has 0 unspecified atom stereocenters. The molecule has 0 amide bonds. The number of hydrogen-bond donors (Lipinski definition) is 0. The Kier molecular flexibility index (Phi) is 5.94. The van der Waals surface area contributed by atoms with Gasteiger partial charge in [0.25, 0.3) is 0 Å². The van der Waals surface area contributed by atoms with E-state index in [9.17, 15) is 9.59 Å². The molecule has 1 heterocycles. The summed E-state index contributed by atoms with van der Waals surface area (Å²) in [6.45, 7) is 1.36. The van der Waals surface area contributed by atoms with Gasteiger partial charge in [-0.1, -0.05) is 0 Å². The van der Waals surface area contributed by atoms with Crippen molar-refractivity contribution in [1.29, 1.82) is 0 Å². The van der Waals surface area contributed by atoms with Crippen molar-refractivity contribution in [3.8, 4) is 11.5 Å². The summed E-state index contributed by atoms with van der Waals surface area (Å²) in [7, 11) is 3.11. The first-order valence-corrected chi connectivity index (χ1v) is 9.21. The second kappa shape index (κ2) is 8.39. The summed E-state index contributed by atoms with van der Waals surface area (Å²) in [6.07, 6.45) is 0. The number of carbonyl (C=O) groups is 2. The lowest BCUT2D eigenvalue weighted by Gasteiger charge is -2.09. The predicted molar refractivity (Wildman–Crippen MR) is 108 cm³/mol. The maximum atomic E-state index is 12.5. The van der Waals surface area contributed by atoms with E-state index in [1.165, 1.54) is 0 Å². The van der Waals surface area contributed by atoms with Crippen LogP contribution in [0.15, 0.2) is 46.9 Å². The summed E-state index contributed by atoms with van der Waals surface area (Å²) in [5.74, 6) is 0.361. The molecule has 2 aromatic carbocycles. The van der Waals surface area contributed by atoms with Crippen molar-refractivity contribution in [2.24, 2.45) is 0 Å². The van der Waals surface area contributed by atoms with Gasteiger partial charge in [-0.05, 0) is 65.3 Å². The first kappa shape index (κ1) is 19.8. The minimum absolute atomic E-state index is 0.310. The minimum atomic E-state index is -0.601. The fourth-order valence-corrected chi connectivity index (χ4v) is 3.26. The van der Waals surface area contributed by atoms with E-state index in [-0.39, 0.29) is 12.4 Å². The van der Waals surface area contributed by atoms with Crippen LogP contribution in [-0.2, 0) is 4.74 Å². The van der Waals surface area contributed by atoms with Crippen LogP contribution in [0.1, 0.15) is 26.4 Å². The molecule has 0 radical (unpaired) electrons. The minimum Gasteiger partial charge on any atom is -0.497 e. The molecule has 144 valence electrons. The van der Waals surface area contributed by atoms with Crippen LogP contribution in [0.3, 0.4) is 0 Å². The van der Waals surface area contributed by atoms with Crippen LogP contribution < -0.4 is 9.47 Å². The zero-order valence-corrected chi connectivity index (χ0v) is 17.2. The van der Waals surface area contributed by atoms with Gasteiger partial charge in [0.15, 0.2) is 12.4 Å². The van der Waals surface area contributed by atoms with E-state index >= 15 is 0 Å². The Labute approximate surface area is 170 Å². The zero-order chi connectivity index (χ0) is 20.3. The molecule has 0 N–H and O–H groups in total. The van der Waals surface area contributed by atoms with Crippen LogP contribution in [0.2, 0.25) is 0 Å². The number of esters is 1. The molecule has 1 aromatic heterocycles. The summed E-state index contributed by atoms with van der Waals surface area (Å²) < 4.78 is 16.2. The monoisotopic (exact) mass is 443 g/mol. The van der Waals surface area contributed by atoms with E-state index in [1.54, 1.807) is 57.5 Å². The third kappa shape index (κ3) is 4.14. The number of benzene rings is 2. The normalized spacial score (nSPS) is 10.6. The van der Waals surface area contributed by atoms with Gasteiger partial charge in [-0.2, -0.15) is 0 Å². The van der Waals surface area contributed by atoms with Crippen molar-refractivity contribution in [3.63, 3.8) is 0 Å². The number of aryl methyl sites for hydroxylation is 1. The number of pyridine rings is 1. The van der Waals surface area contributed by atoms with Crippen molar-refractivity contribution in [2.75, 3.05) is 20.8 Å². The van der Waals surface area contributed by atoms with E-state index in [0.29, 0.717) is 32.8 Å². The first-order valence-electron chi connectivity index (χ1n) is 8.42. The number of rotatable bonds is 6. The summed E-state index contributed by atoms with van der Waals surface area (Å²) in [5, 5.41) is 0.752. The van der Waals surface area contributed by atoms with Crippen LogP contribution in [0.5, 0.6) is 11.5 Å². The van der Waals surface area contributed by atoms with Crippen LogP contribution in [0.25, 0.3) is 10.9 Å². The highest BCUT2D eigenvalue weighted by molar-refractivity contribution is 9.10. The topological polar surface area (TPSA) is 74.7 Å². The highest BCUT2D eigenvalue weighted by atomic mass is 79.9. The number of hydrogen-bond acceptors (Lipinski definition) is 6. The largest absolute Gasteiger partial charge is 0.497 e. The average molecular weight is 444 g/mol. The van der Waals surface area contributed by atoms with Gasteiger partial charge in [0, 0.05) is 10.9 Å². The van der Waals surface area contributed by atoms with Gasteiger partial charge in [0.1, 0.15) is 11.5 Å². The smallest absolute Gasteiger partial charge is 0.340 e. The number of fused-ring (bicyclic) bond motifs is 1. The van der Waals surface area contributed by atoms with Crippen molar-refractivity contribution in [3.05, 3.63) is 63.8 Å². The highest BCUT2D eigenvalue weighted by Crippen LogP contribution is 2.26. The Morgan fingerprint density at radius 1 is 1.04 bits per heavy atom. The Hall–Kier alpha value is -2.93. The van der Waals surface area contributed by atoms with E-state index in [0.717, 1.165) is 10.9 Å². The van der Waals surface area contributed by atoms with E-state index in [4.69, 9.17) is 14.2 Å². The van der Waals surface area contributed by atoms with E-state index in [2.05, 4.69) is 20.9 Å². The SMILES string of the molecule is COc1ccc2nc(C)c(C(=O)OCC(=O)c3ccc(OC)c(Br)c3)cc2c1. The Balaban J connectivity index is 1.76. The molecule has 0 spiro atoms. The summed E-state index contributed by atoms with van der Waals surface area (Å²) in [5.41, 5.74) is 2.00. The molecule has 0 bridgehead atoms. The fraction of sp³-hybridized carbons (Fsp3) is 0.190. The molecular formula is C21H18BrNO5. The molecule has 0 aliphatic heterocycles. The summed E-state index contributed by atoms with van der Waals surface area (Å²) in [4.78, 5) is 29.3. The van der Waals surface area contributed by atoms with Gasteiger partial charge in [0.05, 0.1) is 35.5 Å². The second-order valence-electron chi connectivity index (χ2n) is 6.03. The van der Waals surface area contributed by atoms with Crippen LogP contribution in [0.4, 0.5) is 0 Å². The predicted octanol–water partition coefficient (Wildman–Crippen LogP) is 4.36. The van der Waals surface area contributed by atoms with Gasteiger partial charge in [0.2, 0.25) is 0 Å². The van der Waals surface area contributed by atoms with E-state index < -0.39 is 5.97 Å². The van der Waals surface area contributed by atoms with Crippen molar-refractivity contribution in [1.82, 2.24) is 4.98 Å². The molecule has 0 aliphatic carbocycles. The first-order chi connectivity index (χ1) is 13.4. The number of ketones is 1. The quantitative estimate of drug-likeness (QED) is 0.416. The second-order valence-corrected chi connectivity index (χ2v) is 6.88. The number of Topliss-reactive ketones (excluding diaryl/α,β-unsaturated/α-hetero) is 1. The van der Waals surface area contributed by atoms with E-state index in [1.807, 2.05) is 6.07 Å². The third-order valence-electron chi connectivity index (χ3n) is 4.24. The molecule has 0 saturated carbocycles. The number of aromatic nitrogens is 1. The maximum absolute atomic E-state index is 12.5. The lowest BCUT2D eigenvalue weighted by Crippen LogP contribution is -2.15. The maximum Gasteiger partial charge on any atom is 0.340 e. The zero-order valence-electron chi connectivity index (χ0n) is 15.6. The number of ether oxygens (including phenoxy) is 3. The van der Waals surface area contributed by atoms with Crippen molar-refractivity contribution in [2.45, 2.75) is 6.92 Å². The average Bonchev–Trinajstić information content (AvgIpc) is 2.70. The third-order valence-corrected chi connectivity index (χ3v) is 4.86. The Bertz CT molecular complexity index is 1060. The molecule has 3 rings (SSSR count). The van der Waals surface area contributed by atoms with Crippen molar-refractivity contribution >= 4 is 38.6 Å². The number of nitrogens with zero attached hydrogens (tertiary/aromatic N) is 1. The highest BCUT2D eigenvalue weighted by Gasteiger charge is 2.16. The standard InChI is InChI=1S/C21H18BrNO5/c1-12-16(9-14-8-15(26-2)5-6-18(14)23-12)21(25)28-11-19(24)13-4-7-20(27-3)17(22)10-13/h4-10H,11H2,1-3H3. The Morgan fingerprint density at radius 3 is 2.50 bits per heavy atom. The molecule has 0 aliphatic rings.